The summed E-state index contributed by atoms with van der Waals surface area (Å²) in [7, 11) is 0. The molecular formula is C10H19NO3. The van der Waals surface area contributed by atoms with Gasteiger partial charge in [-0.1, -0.05) is 26.2 Å². The van der Waals surface area contributed by atoms with Gasteiger partial charge in [-0.3, -0.25) is 9.59 Å². The summed E-state index contributed by atoms with van der Waals surface area (Å²) in [5.41, 5.74) is 5.08. The van der Waals surface area contributed by atoms with E-state index in [9.17, 15) is 9.59 Å². The lowest BCUT2D eigenvalue weighted by Crippen LogP contribution is -2.32. The number of amides is 1. The molecule has 1 amide bonds. The summed E-state index contributed by atoms with van der Waals surface area (Å²) in [5.74, 6) is -1.01. The third-order valence-electron chi connectivity index (χ3n) is 1.95. The highest BCUT2D eigenvalue weighted by atomic mass is 16.5. The largest absolute Gasteiger partial charge is 0.452 e. The number of rotatable bonds is 7. The molecule has 82 valence electrons. The summed E-state index contributed by atoms with van der Waals surface area (Å²) < 4.78 is 4.78. The van der Waals surface area contributed by atoms with Crippen molar-refractivity contribution in [2.45, 2.75) is 52.1 Å². The van der Waals surface area contributed by atoms with Crippen LogP contribution < -0.4 is 5.73 Å². The van der Waals surface area contributed by atoms with Crippen molar-refractivity contribution in [3.8, 4) is 0 Å². The summed E-state index contributed by atoms with van der Waals surface area (Å²) in [4.78, 5) is 21.5. The lowest BCUT2D eigenvalue weighted by Gasteiger charge is -2.12. The molecule has 0 saturated heterocycles. The second-order valence-corrected chi connectivity index (χ2v) is 3.35. The highest BCUT2D eigenvalue weighted by Gasteiger charge is 2.17. The molecule has 0 radical (unpaired) electrons. The molecule has 14 heavy (non-hydrogen) atoms. The minimum atomic E-state index is -0.746. The average molecular weight is 201 g/mol. The predicted octanol–water partition coefficient (Wildman–Crippen LogP) is 1.37. The lowest BCUT2D eigenvalue weighted by molar-refractivity contribution is -0.153. The summed E-state index contributed by atoms with van der Waals surface area (Å²) in [6.07, 6.45) is 3.97. The number of carbonyl (C=O) groups is 2. The normalized spacial score (nSPS) is 12.1. The minimum absolute atomic E-state index is 0.454. The van der Waals surface area contributed by atoms with Crippen molar-refractivity contribution in [1.29, 1.82) is 0 Å². The monoisotopic (exact) mass is 201 g/mol. The van der Waals surface area contributed by atoms with Crippen molar-refractivity contribution in [2.75, 3.05) is 0 Å². The molecule has 4 nitrogen and oxygen atoms in total. The second kappa shape index (κ2) is 7.35. The van der Waals surface area contributed by atoms with Gasteiger partial charge in [0.25, 0.3) is 5.91 Å². The zero-order valence-electron chi connectivity index (χ0n) is 8.91. The number of carbonyl (C=O) groups excluding carboxylic acids is 2. The quantitative estimate of drug-likeness (QED) is 0.499. The molecular weight excluding hydrogens is 182 g/mol. The smallest absolute Gasteiger partial charge is 0.303 e. The molecule has 0 heterocycles. The van der Waals surface area contributed by atoms with Crippen LogP contribution in [0.5, 0.6) is 0 Å². The van der Waals surface area contributed by atoms with Gasteiger partial charge in [0.05, 0.1) is 0 Å². The number of hydrogen-bond acceptors (Lipinski definition) is 3. The Kier molecular flexibility index (Phi) is 6.80. The first kappa shape index (κ1) is 12.9. The third kappa shape index (κ3) is 6.46. The van der Waals surface area contributed by atoms with E-state index in [0.29, 0.717) is 6.42 Å². The first-order valence-corrected chi connectivity index (χ1v) is 5.04. The molecule has 0 spiro atoms. The Morgan fingerprint density at radius 1 is 1.29 bits per heavy atom. The van der Waals surface area contributed by atoms with Gasteiger partial charge in [0.15, 0.2) is 6.10 Å². The van der Waals surface area contributed by atoms with Crippen molar-refractivity contribution in [2.24, 2.45) is 5.73 Å². The SMILES string of the molecule is CCCCCCC(OC(C)=O)C(N)=O. The van der Waals surface area contributed by atoms with Crippen molar-refractivity contribution in [1.82, 2.24) is 0 Å². The molecule has 0 saturated carbocycles. The highest BCUT2D eigenvalue weighted by molar-refractivity contribution is 5.81. The maximum absolute atomic E-state index is 10.8. The molecule has 0 aliphatic carbocycles. The zero-order chi connectivity index (χ0) is 11.0. The third-order valence-corrected chi connectivity index (χ3v) is 1.95. The Morgan fingerprint density at radius 2 is 1.93 bits per heavy atom. The van der Waals surface area contributed by atoms with Gasteiger partial charge in [0, 0.05) is 6.92 Å². The topological polar surface area (TPSA) is 69.4 Å². The molecule has 0 rings (SSSR count). The van der Waals surface area contributed by atoms with E-state index in [0.717, 1.165) is 25.7 Å². The molecule has 1 atom stereocenters. The molecule has 4 heteroatoms. The Balaban J connectivity index is 3.74. The average Bonchev–Trinajstić information content (AvgIpc) is 2.09. The Morgan fingerprint density at radius 3 is 2.36 bits per heavy atom. The summed E-state index contributed by atoms with van der Waals surface area (Å²) in [6, 6.07) is 0. The first-order chi connectivity index (χ1) is 6.57. The summed E-state index contributed by atoms with van der Waals surface area (Å²) in [6.45, 7) is 3.39. The maximum atomic E-state index is 10.8. The number of primary amides is 1. The maximum Gasteiger partial charge on any atom is 0.303 e. The van der Waals surface area contributed by atoms with Crippen LogP contribution in [0.2, 0.25) is 0 Å². The number of hydrogen-bond donors (Lipinski definition) is 1. The Hall–Kier alpha value is -1.06. The molecule has 0 aliphatic rings. The first-order valence-electron chi connectivity index (χ1n) is 5.04. The Bertz CT molecular complexity index is 192. The van der Waals surface area contributed by atoms with Gasteiger partial charge in [0.1, 0.15) is 0 Å². The highest BCUT2D eigenvalue weighted by Crippen LogP contribution is 2.08. The van der Waals surface area contributed by atoms with E-state index in [1.165, 1.54) is 6.92 Å². The van der Waals surface area contributed by atoms with Crippen LogP contribution in [0.25, 0.3) is 0 Å². The van der Waals surface area contributed by atoms with Crippen LogP contribution in [0.4, 0.5) is 0 Å². The van der Waals surface area contributed by atoms with Crippen molar-refractivity contribution in [3.63, 3.8) is 0 Å². The van der Waals surface area contributed by atoms with Gasteiger partial charge in [-0.2, -0.15) is 0 Å². The van der Waals surface area contributed by atoms with Gasteiger partial charge < -0.3 is 10.5 Å². The number of ether oxygens (including phenoxy) is 1. The fourth-order valence-corrected chi connectivity index (χ4v) is 1.22. The van der Waals surface area contributed by atoms with E-state index >= 15 is 0 Å². The van der Waals surface area contributed by atoms with Crippen molar-refractivity contribution >= 4 is 11.9 Å². The van der Waals surface area contributed by atoms with E-state index in [1.807, 2.05) is 0 Å². The molecule has 0 aromatic rings. The van der Waals surface area contributed by atoms with E-state index in [1.54, 1.807) is 0 Å². The van der Waals surface area contributed by atoms with E-state index in [2.05, 4.69) is 6.92 Å². The number of unbranched alkanes of at least 4 members (excludes halogenated alkanes) is 3. The van der Waals surface area contributed by atoms with Crippen LogP contribution >= 0.6 is 0 Å². The number of nitrogens with two attached hydrogens (primary N) is 1. The van der Waals surface area contributed by atoms with Gasteiger partial charge >= 0.3 is 5.97 Å². The standard InChI is InChI=1S/C10H19NO3/c1-3-4-5-6-7-9(10(11)13)14-8(2)12/h9H,3-7H2,1-2H3,(H2,11,13). The van der Waals surface area contributed by atoms with Gasteiger partial charge in [-0.25, -0.2) is 0 Å². The zero-order valence-corrected chi connectivity index (χ0v) is 8.91. The van der Waals surface area contributed by atoms with E-state index in [-0.39, 0.29) is 0 Å². The van der Waals surface area contributed by atoms with Crippen LogP contribution in [-0.2, 0) is 14.3 Å². The van der Waals surface area contributed by atoms with Crippen molar-refractivity contribution < 1.29 is 14.3 Å². The van der Waals surface area contributed by atoms with Crippen LogP contribution in [-0.4, -0.2) is 18.0 Å². The Labute approximate surface area is 84.8 Å². The summed E-state index contributed by atoms with van der Waals surface area (Å²) >= 11 is 0. The van der Waals surface area contributed by atoms with Crippen LogP contribution in [0.1, 0.15) is 46.0 Å². The fraction of sp³-hybridized carbons (Fsp3) is 0.800. The van der Waals surface area contributed by atoms with Crippen LogP contribution in [0.15, 0.2) is 0 Å². The molecule has 0 fully saturated rings. The van der Waals surface area contributed by atoms with Crippen LogP contribution in [0.3, 0.4) is 0 Å². The fourth-order valence-electron chi connectivity index (χ4n) is 1.22. The second-order valence-electron chi connectivity index (χ2n) is 3.35. The molecule has 0 bridgehead atoms. The van der Waals surface area contributed by atoms with Gasteiger partial charge in [-0.05, 0) is 12.8 Å². The molecule has 2 N–H and O–H groups in total. The van der Waals surface area contributed by atoms with E-state index < -0.39 is 18.0 Å². The molecule has 0 aliphatic heterocycles. The minimum Gasteiger partial charge on any atom is -0.452 e. The van der Waals surface area contributed by atoms with Crippen LogP contribution in [0, 0.1) is 0 Å². The van der Waals surface area contributed by atoms with Gasteiger partial charge in [0.2, 0.25) is 0 Å². The van der Waals surface area contributed by atoms with E-state index in [4.69, 9.17) is 10.5 Å². The molecule has 0 aromatic carbocycles. The lowest BCUT2D eigenvalue weighted by atomic mass is 10.1. The molecule has 1 unspecified atom stereocenters. The van der Waals surface area contributed by atoms with Gasteiger partial charge in [-0.15, -0.1) is 0 Å². The predicted molar refractivity (Wildman–Crippen MR) is 53.5 cm³/mol. The number of esters is 1. The summed E-state index contributed by atoms with van der Waals surface area (Å²) in [5, 5.41) is 0. The van der Waals surface area contributed by atoms with Crippen molar-refractivity contribution in [3.05, 3.63) is 0 Å². The molecule has 0 aromatic heterocycles.